The zero-order valence-electron chi connectivity index (χ0n) is 14.8. The van der Waals surface area contributed by atoms with Crippen molar-refractivity contribution in [3.63, 3.8) is 0 Å². The van der Waals surface area contributed by atoms with E-state index in [9.17, 15) is 4.79 Å². The number of fused-ring (bicyclic) bond motifs is 1. The summed E-state index contributed by atoms with van der Waals surface area (Å²) >= 11 is 0. The highest BCUT2D eigenvalue weighted by Crippen LogP contribution is 2.24. The van der Waals surface area contributed by atoms with Gasteiger partial charge in [-0.05, 0) is 43.2 Å². The Kier molecular flexibility index (Phi) is 4.05. The van der Waals surface area contributed by atoms with Crippen LogP contribution >= 0.6 is 0 Å². The predicted molar refractivity (Wildman–Crippen MR) is 103 cm³/mol. The molecule has 0 radical (unpaired) electrons. The number of nitrogens with zero attached hydrogens (tertiary/aromatic N) is 2. The first-order valence-corrected chi connectivity index (χ1v) is 8.57. The highest BCUT2D eigenvalue weighted by Gasteiger charge is 2.13. The van der Waals surface area contributed by atoms with Crippen LogP contribution in [0.4, 0.5) is 0 Å². The van der Waals surface area contributed by atoms with E-state index in [0.29, 0.717) is 12.1 Å². The Hall–Kier alpha value is -3.34. The molecule has 2 aromatic heterocycles. The van der Waals surface area contributed by atoms with Crippen LogP contribution in [-0.2, 0) is 6.54 Å². The molecule has 5 heteroatoms. The Balaban J connectivity index is 1.50. The Morgan fingerprint density at radius 3 is 2.69 bits per heavy atom. The molecule has 2 N–H and O–H groups in total. The molecular formula is C21H20N4O. The maximum absolute atomic E-state index is 12.7. The molecule has 2 aromatic carbocycles. The van der Waals surface area contributed by atoms with Crippen molar-refractivity contribution in [2.75, 3.05) is 0 Å². The number of amides is 1. The molecule has 4 aromatic rings. The number of hydrogen-bond acceptors (Lipinski definition) is 2. The van der Waals surface area contributed by atoms with E-state index >= 15 is 0 Å². The van der Waals surface area contributed by atoms with E-state index in [4.69, 9.17) is 0 Å². The summed E-state index contributed by atoms with van der Waals surface area (Å²) in [6.07, 6.45) is 5.41. The molecule has 0 spiro atoms. The summed E-state index contributed by atoms with van der Waals surface area (Å²) in [7, 11) is 0. The van der Waals surface area contributed by atoms with E-state index in [1.807, 2.05) is 60.2 Å². The lowest BCUT2D eigenvalue weighted by Crippen LogP contribution is -2.23. The van der Waals surface area contributed by atoms with Crippen molar-refractivity contribution >= 4 is 16.8 Å². The maximum atomic E-state index is 12.7. The molecule has 0 saturated carbocycles. The fraction of sp³-hybridized carbons (Fsp3) is 0.143. The number of rotatable bonds is 4. The summed E-state index contributed by atoms with van der Waals surface area (Å²) < 4.78 is 1.94. The second kappa shape index (κ2) is 6.52. The molecule has 0 aliphatic carbocycles. The molecule has 0 aliphatic heterocycles. The molecule has 0 saturated heterocycles. The molecule has 0 fully saturated rings. The van der Waals surface area contributed by atoms with E-state index in [0.717, 1.165) is 27.8 Å². The molecule has 0 unspecified atom stereocenters. The number of nitrogens with one attached hydrogen (secondary N) is 2. The van der Waals surface area contributed by atoms with Crippen LogP contribution in [0, 0.1) is 13.8 Å². The fourth-order valence-electron chi connectivity index (χ4n) is 3.15. The van der Waals surface area contributed by atoms with Gasteiger partial charge in [0.2, 0.25) is 0 Å². The molecular weight excluding hydrogens is 324 g/mol. The Morgan fingerprint density at radius 2 is 1.96 bits per heavy atom. The average Bonchev–Trinajstić information content (AvgIpc) is 3.29. The Labute approximate surface area is 151 Å². The molecule has 5 nitrogen and oxygen atoms in total. The normalized spacial score (nSPS) is 11.0. The van der Waals surface area contributed by atoms with Gasteiger partial charge in [0.25, 0.3) is 5.91 Å². The molecule has 0 aliphatic rings. The monoisotopic (exact) mass is 344 g/mol. The highest BCUT2D eigenvalue weighted by molar-refractivity contribution is 6.06. The summed E-state index contributed by atoms with van der Waals surface area (Å²) in [5.41, 5.74) is 5.94. The summed E-state index contributed by atoms with van der Waals surface area (Å²) in [6, 6.07) is 13.9. The second-order valence-corrected chi connectivity index (χ2v) is 6.42. The number of carbonyl (C=O) groups is 1. The van der Waals surface area contributed by atoms with Crippen molar-refractivity contribution < 1.29 is 4.79 Å². The smallest absolute Gasteiger partial charge is 0.253 e. The van der Waals surface area contributed by atoms with Gasteiger partial charge in [0.1, 0.15) is 0 Å². The minimum Gasteiger partial charge on any atom is -0.358 e. The van der Waals surface area contributed by atoms with Crippen LogP contribution in [0.1, 0.15) is 27.2 Å². The highest BCUT2D eigenvalue weighted by atomic mass is 16.1. The summed E-state index contributed by atoms with van der Waals surface area (Å²) in [5.74, 6) is -0.0736. The Bertz CT molecular complexity index is 1060. The molecule has 26 heavy (non-hydrogen) atoms. The van der Waals surface area contributed by atoms with Crippen LogP contribution in [-0.4, -0.2) is 20.4 Å². The predicted octanol–water partition coefficient (Wildman–Crippen LogP) is 3.90. The van der Waals surface area contributed by atoms with Gasteiger partial charge in [-0.2, -0.15) is 0 Å². The van der Waals surface area contributed by atoms with E-state index in [2.05, 4.69) is 22.2 Å². The van der Waals surface area contributed by atoms with Crippen molar-refractivity contribution in [3.05, 3.63) is 83.6 Å². The third-order valence-corrected chi connectivity index (χ3v) is 4.78. The number of carbonyl (C=O) groups excluding carboxylic acids is 1. The number of aryl methyl sites for hydroxylation is 2. The maximum Gasteiger partial charge on any atom is 0.253 e. The summed E-state index contributed by atoms with van der Waals surface area (Å²) in [4.78, 5) is 20.0. The molecule has 0 bridgehead atoms. The Morgan fingerprint density at radius 1 is 1.15 bits per heavy atom. The van der Waals surface area contributed by atoms with Crippen LogP contribution in [0.25, 0.3) is 16.6 Å². The lowest BCUT2D eigenvalue weighted by molar-refractivity contribution is 0.0952. The first-order valence-electron chi connectivity index (χ1n) is 8.57. The lowest BCUT2D eigenvalue weighted by Gasteiger charge is -2.08. The zero-order valence-corrected chi connectivity index (χ0v) is 14.8. The van der Waals surface area contributed by atoms with Gasteiger partial charge < -0.3 is 14.9 Å². The van der Waals surface area contributed by atoms with Gasteiger partial charge in [-0.15, -0.1) is 0 Å². The van der Waals surface area contributed by atoms with Crippen LogP contribution < -0.4 is 5.32 Å². The zero-order chi connectivity index (χ0) is 18.1. The van der Waals surface area contributed by atoms with Crippen LogP contribution in [0.5, 0.6) is 0 Å². The van der Waals surface area contributed by atoms with Gasteiger partial charge in [0, 0.05) is 35.7 Å². The van der Waals surface area contributed by atoms with Crippen molar-refractivity contribution in [2.45, 2.75) is 20.4 Å². The summed E-state index contributed by atoms with van der Waals surface area (Å²) in [5, 5.41) is 4.11. The third-order valence-electron chi connectivity index (χ3n) is 4.78. The first kappa shape index (κ1) is 16.1. The minimum absolute atomic E-state index is 0.0736. The quantitative estimate of drug-likeness (QED) is 0.590. The van der Waals surface area contributed by atoms with Gasteiger partial charge in [-0.1, -0.05) is 24.3 Å². The van der Waals surface area contributed by atoms with Crippen molar-refractivity contribution in [3.8, 4) is 5.69 Å². The van der Waals surface area contributed by atoms with Crippen LogP contribution in [0.3, 0.4) is 0 Å². The lowest BCUT2D eigenvalue weighted by atomic mass is 10.1. The molecule has 4 rings (SSSR count). The fourth-order valence-corrected chi connectivity index (χ4v) is 3.15. The van der Waals surface area contributed by atoms with Gasteiger partial charge in [0.15, 0.2) is 0 Å². The van der Waals surface area contributed by atoms with Crippen molar-refractivity contribution in [2.24, 2.45) is 0 Å². The third kappa shape index (κ3) is 2.88. The summed E-state index contributed by atoms with van der Waals surface area (Å²) in [6.45, 7) is 4.58. The van der Waals surface area contributed by atoms with Gasteiger partial charge in [-0.3, -0.25) is 4.79 Å². The van der Waals surface area contributed by atoms with Crippen molar-refractivity contribution in [1.82, 2.24) is 19.9 Å². The van der Waals surface area contributed by atoms with Gasteiger partial charge >= 0.3 is 0 Å². The average molecular weight is 344 g/mol. The van der Waals surface area contributed by atoms with E-state index < -0.39 is 0 Å². The van der Waals surface area contributed by atoms with Gasteiger partial charge in [0.05, 0.1) is 17.4 Å². The second-order valence-electron chi connectivity index (χ2n) is 6.42. The number of imidazole rings is 1. The largest absolute Gasteiger partial charge is 0.358 e. The number of para-hydroxylation sites is 1. The molecule has 1 amide bonds. The number of benzene rings is 2. The van der Waals surface area contributed by atoms with Crippen LogP contribution in [0.15, 0.2) is 61.2 Å². The molecule has 130 valence electrons. The molecule has 2 heterocycles. The van der Waals surface area contributed by atoms with Crippen LogP contribution in [0.2, 0.25) is 0 Å². The van der Waals surface area contributed by atoms with Gasteiger partial charge in [-0.25, -0.2) is 4.98 Å². The van der Waals surface area contributed by atoms with Crippen molar-refractivity contribution in [1.29, 1.82) is 0 Å². The SMILES string of the molecule is Cc1[nH]c2c(C(=O)NCc3ccc(-n4ccnc4)cc3)cccc2c1C. The topological polar surface area (TPSA) is 62.7 Å². The number of H-pyrrole nitrogens is 1. The number of hydrogen-bond donors (Lipinski definition) is 2. The van der Waals surface area contributed by atoms with E-state index in [-0.39, 0.29) is 5.91 Å². The molecule has 0 atom stereocenters. The number of aromatic nitrogens is 3. The standard InChI is InChI=1S/C21H20N4O/c1-14-15(2)24-20-18(14)4-3-5-19(20)21(26)23-12-16-6-8-17(9-7-16)25-11-10-22-13-25/h3-11,13,24H,12H2,1-2H3,(H,23,26). The number of aromatic amines is 1. The van der Waals surface area contributed by atoms with E-state index in [1.165, 1.54) is 5.56 Å². The first-order chi connectivity index (χ1) is 12.6. The minimum atomic E-state index is -0.0736. The van der Waals surface area contributed by atoms with E-state index in [1.54, 1.807) is 12.5 Å².